The average molecular weight is 325 g/mol. The lowest BCUT2D eigenvalue weighted by Crippen LogP contribution is -2.28. The molecular weight excluding hydrogens is 306 g/mol. The SMILES string of the molecule is COc1ccccc1C1(C(=O)Nc2ccc(C(=O)O)c(C)c2)CC1. The maximum atomic E-state index is 12.8. The summed E-state index contributed by atoms with van der Waals surface area (Å²) in [7, 11) is 1.60. The molecule has 24 heavy (non-hydrogen) atoms. The fourth-order valence-corrected chi connectivity index (χ4v) is 3.02. The van der Waals surface area contributed by atoms with E-state index in [9.17, 15) is 9.59 Å². The molecule has 1 saturated carbocycles. The van der Waals surface area contributed by atoms with Gasteiger partial charge in [-0.2, -0.15) is 0 Å². The number of rotatable bonds is 5. The minimum Gasteiger partial charge on any atom is -0.496 e. The topological polar surface area (TPSA) is 75.6 Å². The lowest BCUT2D eigenvalue weighted by atomic mass is 9.93. The second-order valence-electron chi connectivity index (χ2n) is 6.07. The standard InChI is InChI=1S/C19H19NO4/c1-12-11-13(7-8-14(12)17(21)22)20-18(23)19(9-10-19)15-5-3-4-6-16(15)24-2/h3-8,11H,9-10H2,1-2H3,(H,20,23)(H,21,22). The molecule has 0 aliphatic heterocycles. The Morgan fingerprint density at radius 2 is 1.88 bits per heavy atom. The van der Waals surface area contributed by atoms with Gasteiger partial charge in [-0.25, -0.2) is 4.79 Å². The molecule has 1 aliphatic rings. The summed E-state index contributed by atoms with van der Waals surface area (Å²) in [4.78, 5) is 23.9. The van der Waals surface area contributed by atoms with Crippen LogP contribution in [0.1, 0.15) is 34.3 Å². The molecule has 0 radical (unpaired) electrons. The summed E-state index contributed by atoms with van der Waals surface area (Å²) >= 11 is 0. The lowest BCUT2D eigenvalue weighted by molar-refractivity contribution is -0.118. The third-order valence-corrected chi connectivity index (χ3v) is 4.52. The Balaban J connectivity index is 1.85. The van der Waals surface area contributed by atoms with Crippen molar-refractivity contribution in [3.63, 3.8) is 0 Å². The smallest absolute Gasteiger partial charge is 0.335 e. The maximum Gasteiger partial charge on any atom is 0.335 e. The summed E-state index contributed by atoms with van der Waals surface area (Å²) in [6, 6.07) is 12.4. The Morgan fingerprint density at radius 1 is 1.17 bits per heavy atom. The number of carboxylic acid groups (broad SMARTS) is 1. The number of carbonyl (C=O) groups excluding carboxylic acids is 1. The highest BCUT2D eigenvalue weighted by Gasteiger charge is 2.52. The van der Waals surface area contributed by atoms with Gasteiger partial charge in [-0.15, -0.1) is 0 Å². The Kier molecular flexibility index (Phi) is 4.01. The van der Waals surface area contributed by atoms with E-state index in [4.69, 9.17) is 9.84 Å². The number of methoxy groups -OCH3 is 1. The first-order valence-electron chi connectivity index (χ1n) is 7.77. The first-order valence-corrected chi connectivity index (χ1v) is 7.77. The van der Waals surface area contributed by atoms with E-state index in [-0.39, 0.29) is 11.5 Å². The van der Waals surface area contributed by atoms with Crippen LogP contribution in [-0.4, -0.2) is 24.1 Å². The number of aryl methyl sites for hydroxylation is 1. The van der Waals surface area contributed by atoms with E-state index in [1.807, 2.05) is 24.3 Å². The maximum absolute atomic E-state index is 12.8. The number of hydrogen-bond acceptors (Lipinski definition) is 3. The molecule has 3 rings (SSSR count). The summed E-state index contributed by atoms with van der Waals surface area (Å²) in [5.74, 6) is -0.352. The minimum atomic E-state index is -0.974. The number of carbonyl (C=O) groups is 2. The van der Waals surface area contributed by atoms with Gasteiger partial charge >= 0.3 is 5.97 Å². The molecule has 5 nitrogen and oxygen atoms in total. The van der Waals surface area contributed by atoms with Crippen molar-refractivity contribution in [3.8, 4) is 5.75 Å². The van der Waals surface area contributed by atoms with Crippen LogP contribution in [0, 0.1) is 6.92 Å². The third kappa shape index (κ3) is 2.73. The van der Waals surface area contributed by atoms with Crippen LogP contribution < -0.4 is 10.1 Å². The molecule has 124 valence electrons. The number of amides is 1. The van der Waals surface area contributed by atoms with Crippen LogP contribution in [0.4, 0.5) is 5.69 Å². The molecule has 2 aromatic rings. The van der Waals surface area contributed by atoms with E-state index >= 15 is 0 Å². The Morgan fingerprint density at radius 3 is 2.46 bits per heavy atom. The second kappa shape index (κ2) is 6.00. The van der Waals surface area contributed by atoms with Crippen molar-refractivity contribution in [2.24, 2.45) is 0 Å². The molecule has 0 atom stereocenters. The van der Waals surface area contributed by atoms with Gasteiger partial charge in [-0.05, 0) is 49.6 Å². The highest BCUT2D eigenvalue weighted by Crippen LogP contribution is 2.51. The van der Waals surface area contributed by atoms with Crippen molar-refractivity contribution < 1.29 is 19.4 Å². The third-order valence-electron chi connectivity index (χ3n) is 4.52. The largest absolute Gasteiger partial charge is 0.496 e. The highest BCUT2D eigenvalue weighted by atomic mass is 16.5. The molecule has 0 heterocycles. The number of carboxylic acids is 1. The zero-order valence-corrected chi connectivity index (χ0v) is 13.6. The lowest BCUT2D eigenvalue weighted by Gasteiger charge is -2.19. The summed E-state index contributed by atoms with van der Waals surface area (Å²) in [6.45, 7) is 1.71. The van der Waals surface area contributed by atoms with Gasteiger partial charge in [-0.1, -0.05) is 18.2 Å². The summed E-state index contributed by atoms with van der Waals surface area (Å²) < 4.78 is 5.39. The zero-order valence-electron chi connectivity index (χ0n) is 13.6. The highest BCUT2D eigenvalue weighted by molar-refractivity contribution is 6.02. The van der Waals surface area contributed by atoms with Crippen molar-refractivity contribution in [2.45, 2.75) is 25.2 Å². The van der Waals surface area contributed by atoms with Gasteiger partial charge in [0.1, 0.15) is 5.75 Å². The monoisotopic (exact) mass is 325 g/mol. The fourth-order valence-electron chi connectivity index (χ4n) is 3.02. The van der Waals surface area contributed by atoms with Gasteiger partial charge in [-0.3, -0.25) is 4.79 Å². The molecule has 5 heteroatoms. The predicted molar refractivity (Wildman–Crippen MR) is 90.7 cm³/mol. The van der Waals surface area contributed by atoms with E-state index in [0.29, 0.717) is 17.0 Å². The van der Waals surface area contributed by atoms with Crippen molar-refractivity contribution in [3.05, 3.63) is 59.2 Å². The van der Waals surface area contributed by atoms with Gasteiger partial charge in [0.05, 0.1) is 18.1 Å². The Labute approximate surface area is 140 Å². The van der Waals surface area contributed by atoms with Crippen LogP contribution in [0.2, 0.25) is 0 Å². The van der Waals surface area contributed by atoms with E-state index in [1.54, 1.807) is 26.2 Å². The van der Waals surface area contributed by atoms with Gasteiger partial charge in [0.2, 0.25) is 5.91 Å². The number of hydrogen-bond donors (Lipinski definition) is 2. The molecule has 1 fully saturated rings. The number of aromatic carboxylic acids is 1. The summed E-state index contributed by atoms with van der Waals surface area (Å²) in [6.07, 6.45) is 1.54. The average Bonchev–Trinajstić information content (AvgIpc) is 3.36. The molecule has 2 aromatic carbocycles. The molecule has 2 N–H and O–H groups in total. The normalized spacial score (nSPS) is 14.8. The van der Waals surface area contributed by atoms with E-state index < -0.39 is 11.4 Å². The Hall–Kier alpha value is -2.82. The molecule has 0 aromatic heterocycles. The summed E-state index contributed by atoms with van der Waals surface area (Å²) in [5, 5.41) is 12.0. The minimum absolute atomic E-state index is 0.0884. The number of anilines is 1. The van der Waals surface area contributed by atoms with Crippen LogP contribution in [0.3, 0.4) is 0 Å². The van der Waals surface area contributed by atoms with Crippen LogP contribution in [0.25, 0.3) is 0 Å². The zero-order chi connectivity index (χ0) is 17.3. The Bertz CT molecular complexity index is 809. The quantitative estimate of drug-likeness (QED) is 0.884. The van der Waals surface area contributed by atoms with Gasteiger partial charge in [0, 0.05) is 11.3 Å². The first-order chi connectivity index (χ1) is 11.5. The molecule has 1 amide bonds. The van der Waals surface area contributed by atoms with Crippen LogP contribution in [0.5, 0.6) is 5.75 Å². The van der Waals surface area contributed by atoms with Gasteiger partial charge < -0.3 is 15.2 Å². The molecule has 1 aliphatic carbocycles. The van der Waals surface area contributed by atoms with Crippen LogP contribution in [0.15, 0.2) is 42.5 Å². The predicted octanol–water partition coefficient (Wildman–Crippen LogP) is 3.37. The van der Waals surface area contributed by atoms with Crippen molar-refractivity contribution in [1.82, 2.24) is 0 Å². The van der Waals surface area contributed by atoms with Crippen molar-refractivity contribution in [1.29, 1.82) is 0 Å². The number of nitrogens with one attached hydrogen (secondary N) is 1. The van der Waals surface area contributed by atoms with E-state index in [1.165, 1.54) is 6.07 Å². The van der Waals surface area contributed by atoms with Crippen LogP contribution in [-0.2, 0) is 10.2 Å². The molecule has 0 saturated heterocycles. The first kappa shape index (κ1) is 16.1. The van der Waals surface area contributed by atoms with Crippen molar-refractivity contribution >= 4 is 17.6 Å². The fraction of sp³-hybridized carbons (Fsp3) is 0.263. The van der Waals surface area contributed by atoms with Gasteiger partial charge in [0.25, 0.3) is 0 Å². The number of benzene rings is 2. The second-order valence-corrected chi connectivity index (χ2v) is 6.07. The van der Waals surface area contributed by atoms with Gasteiger partial charge in [0.15, 0.2) is 0 Å². The van der Waals surface area contributed by atoms with E-state index in [2.05, 4.69) is 5.32 Å². The molecule has 0 bridgehead atoms. The van der Waals surface area contributed by atoms with E-state index in [0.717, 1.165) is 18.4 Å². The van der Waals surface area contributed by atoms with Crippen LogP contribution >= 0.6 is 0 Å². The van der Waals surface area contributed by atoms with Crippen molar-refractivity contribution in [2.75, 3.05) is 12.4 Å². The molecule has 0 spiro atoms. The molecule has 0 unspecified atom stereocenters. The molecular formula is C19H19NO4. The summed E-state index contributed by atoms with van der Waals surface area (Å²) in [5.41, 5.74) is 1.78. The number of ether oxygens (including phenoxy) is 1. The number of para-hydroxylation sites is 1.